The van der Waals surface area contributed by atoms with Crippen molar-refractivity contribution in [2.24, 2.45) is 10.1 Å². The van der Waals surface area contributed by atoms with Gasteiger partial charge in [0.15, 0.2) is 11.6 Å². The molecular weight excluding hydrogens is 614 g/mol. The van der Waals surface area contributed by atoms with Gasteiger partial charge in [-0.1, -0.05) is 114 Å². The number of aliphatic hydroxyl groups is 1. The summed E-state index contributed by atoms with van der Waals surface area (Å²) in [6.45, 7) is 0.900. The highest BCUT2D eigenvalue weighted by Crippen LogP contribution is 2.43. The third-order valence-corrected chi connectivity index (χ3v) is 8.53. The Balaban J connectivity index is 1.44. The molecule has 5 aromatic rings. The smallest absolute Gasteiger partial charge is 0.252 e. The van der Waals surface area contributed by atoms with Gasteiger partial charge in [0.05, 0.1) is 13.2 Å². The first-order valence-corrected chi connectivity index (χ1v) is 16.3. The van der Waals surface area contributed by atoms with Crippen molar-refractivity contribution in [2.45, 2.75) is 37.6 Å². The van der Waals surface area contributed by atoms with Crippen LogP contribution >= 0.6 is 0 Å². The Bertz CT molecular complexity index is 1930. The number of nitrogens with one attached hydrogen (secondary N) is 1. The zero-order chi connectivity index (χ0) is 33.9. The summed E-state index contributed by atoms with van der Waals surface area (Å²) in [6.07, 6.45) is -0.0534. The van der Waals surface area contributed by atoms with E-state index >= 15 is 0 Å². The minimum absolute atomic E-state index is 0.0524. The van der Waals surface area contributed by atoms with E-state index in [-0.39, 0.29) is 25.5 Å². The molecule has 1 aliphatic rings. The van der Waals surface area contributed by atoms with Crippen LogP contribution in [-0.2, 0) is 29.0 Å². The van der Waals surface area contributed by atoms with Gasteiger partial charge in [0, 0.05) is 36.5 Å². The Kier molecular flexibility index (Phi) is 10.7. The molecule has 0 radical (unpaired) electrons. The van der Waals surface area contributed by atoms with Crippen LogP contribution in [0.2, 0.25) is 0 Å². The zero-order valence-corrected chi connectivity index (χ0v) is 27.0. The lowest BCUT2D eigenvalue weighted by Crippen LogP contribution is -2.49. The fraction of sp³-hybridized carbons (Fsp3) is 0.200. The van der Waals surface area contributed by atoms with Crippen LogP contribution in [0.5, 0.6) is 5.75 Å². The van der Waals surface area contributed by atoms with Crippen LogP contribution in [0, 0.1) is 0 Å². The van der Waals surface area contributed by atoms with Crippen molar-refractivity contribution in [1.29, 1.82) is 0 Å². The minimum Gasteiger partial charge on any atom is -0.494 e. The van der Waals surface area contributed by atoms with Gasteiger partial charge in [-0.15, -0.1) is 0 Å². The molecule has 0 bridgehead atoms. The van der Waals surface area contributed by atoms with Crippen molar-refractivity contribution < 1.29 is 19.4 Å². The molecule has 0 saturated carbocycles. The molecule has 2 N–H and O–H groups in total. The standard InChI is InChI=1S/C40H37N5O4/c41-45-43-28-35-15-8-7-14-34(35)26-40(39(47)42-27-29-10-3-1-4-11-29)37(32-18-16-31(17-19-32)30-12-5-2-6-13-30)49-38(44-40)33-20-22-36(23-21-33)48-25-9-24-46/h1-8,10-23,37,46H,9,24-28H2,(H,42,47)/t37-,40-/m1/s1. The molecule has 9 heteroatoms. The second-order valence-corrected chi connectivity index (χ2v) is 11.8. The SMILES string of the molecule is [N-]=[N+]=NCc1ccccc1C[C@@]1(C(=O)NCc2ccccc2)N=C(c2ccc(OCCCO)cc2)O[C@@H]1c1ccc(-c2ccccc2)cc1. The Morgan fingerprint density at radius 2 is 1.47 bits per heavy atom. The lowest BCUT2D eigenvalue weighted by Gasteiger charge is -2.31. The van der Waals surface area contributed by atoms with Gasteiger partial charge in [-0.3, -0.25) is 4.79 Å². The first kappa shape index (κ1) is 33.0. The van der Waals surface area contributed by atoms with E-state index in [9.17, 15) is 4.79 Å². The van der Waals surface area contributed by atoms with Crippen molar-refractivity contribution in [1.82, 2.24) is 5.32 Å². The number of hydrogen-bond acceptors (Lipinski definition) is 6. The Morgan fingerprint density at radius 1 is 0.837 bits per heavy atom. The third-order valence-electron chi connectivity index (χ3n) is 8.53. The van der Waals surface area contributed by atoms with Crippen molar-refractivity contribution in [3.63, 3.8) is 0 Å². The van der Waals surface area contributed by atoms with E-state index in [1.807, 2.05) is 121 Å². The fourth-order valence-corrected chi connectivity index (χ4v) is 5.98. The Morgan fingerprint density at radius 3 is 2.16 bits per heavy atom. The molecule has 5 aromatic carbocycles. The minimum atomic E-state index is -1.42. The molecule has 2 atom stereocenters. The van der Waals surface area contributed by atoms with Crippen molar-refractivity contribution >= 4 is 11.8 Å². The van der Waals surface area contributed by atoms with Crippen LogP contribution in [0.25, 0.3) is 21.6 Å². The van der Waals surface area contributed by atoms with Gasteiger partial charge >= 0.3 is 0 Å². The third kappa shape index (κ3) is 7.81. The number of carbonyl (C=O) groups excluding carboxylic acids is 1. The number of hydrogen-bond donors (Lipinski definition) is 2. The maximum atomic E-state index is 14.7. The molecule has 6 rings (SSSR count). The molecule has 0 saturated heterocycles. The molecule has 1 heterocycles. The second-order valence-electron chi connectivity index (χ2n) is 11.8. The van der Waals surface area contributed by atoms with Gasteiger partial charge < -0.3 is 19.9 Å². The largest absolute Gasteiger partial charge is 0.494 e. The van der Waals surface area contributed by atoms with Crippen molar-refractivity contribution in [3.05, 3.63) is 172 Å². The van der Waals surface area contributed by atoms with Gasteiger partial charge in [0.1, 0.15) is 5.75 Å². The molecule has 246 valence electrons. The summed E-state index contributed by atoms with van der Waals surface area (Å²) < 4.78 is 12.5. The summed E-state index contributed by atoms with van der Waals surface area (Å²) in [7, 11) is 0. The highest BCUT2D eigenvalue weighted by atomic mass is 16.5. The number of nitrogens with zero attached hydrogens (tertiary/aromatic N) is 4. The number of benzene rings is 5. The number of carbonyl (C=O) groups is 1. The van der Waals surface area contributed by atoms with Gasteiger partial charge in [0.25, 0.3) is 5.91 Å². The zero-order valence-electron chi connectivity index (χ0n) is 27.0. The Labute approximate surface area is 285 Å². The fourth-order valence-electron chi connectivity index (χ4n) is 5.98. The molecule has 0 unspecified atom stereocenters. The number of rotatable bonds is 14. The van der Waals surface area contributed by atoms with E-state index in [1.54, 1.807) is 0 Å². The summed E-state index contributed by atoms with van der Waals surface area (Å²) in [5, 5.41) is 16.1. The maximum absolute atomic E-state index is 14.7. The predicted octanol–water partition coefficient (Wildman–Crippen LogP) is 7.74. The maximum Gasteiger partial charge on any atom is 0.252 e. The quantitative estimate of drug-likeness (QED) is 0.0551. The number of azide groups is 1. The van der Waals surface area contributed by atoms with E-state index in [1.165, 1.54) is 0 Å². The highest BCUT2D eigenvalue weighted by Gasteiger charge is 2.53. The number of aliphatic hydroxyl groups excluding tert-OH is 1. The predicted molar refractivity (Wildman–Crippen MR) is 190 cm³/mol. The molecular formula is C40H37N5O4. The molecule has 0 spiro atoms. The summed E-state index contributed by atoms with van der Waals surface area (Å²) in [6, 6.07) is 42.9. The van der Waals surface area contributed by atoms with Gasteiger partial charge in [-0.05, 0) is 63.2 Å². The first-order valence-electron chi connectivity index (χ1n) is 16.3. The molecule has 9 nitrogen and oxygen atoms in total. The highest BCUT2D eigenvalue weighted by molar-refractivity contribution is 6.01. The van der Waals surface area contributed by atoms with E-state index in [2.05, 4.69) is 27.5 Å². The molecule has 0 fully saturated rings. The van der Waals surface area contributed by atoms with E-state index in [0.29, 0.717) is 36.8 Å². The van der Waals surface area contributed by atoms with E-state index < -0.39 is 11.6 Å². The molecule has 0 aliphatic carbocycles. The lowest BCUT2D eigenvalue weighted by atomic mass is 9.80. The molecule has 49 heavy (non-hydrogen) atoms. The van der Waals surface area contributed by atoms with Gasteiger partial charge in [-0.25, -0.2) is 4.99 Å². The van der Waals surface area contributed by atoms with Crippen molar-refractivity contribution in [2.75, 3.05) is 13.2 Å². The van der Waals surface area contributed by atoms with Crippen LogP contribution in [0.1, 0.15) is 40.3 Å². The van der Waals surface area contributed by atoms with Crippen LogP contribution in [-0.4, -0.2) is 35.7 Å². The van der Waals surface area contributed by atoms with Crippen LogP contribution in [0.15, 0.2) is 144 Å². The van der Waals surface area contributed by atoms with Crippen LogP contribution in [0.4, 0.5) is 0 Å². The lowest BCUT2D eigenvalue weighted by molar-refractivity contribution is -0.129. The number of aliphatic imine (C=N–C) groups is 1. The van der Waals surface area contributed by atoms with Crippen LogP contribution in [0.3, 0.4) is 0 Å². The summed E-state index contributed by atoms with van der Waals surface area (Å²) in [5.74, 6) is 0.704. The average Bonchev–Trinajstić information content (AvgIpc) is 3.55. The van der Waals surface area contributed by atoms with E-state index in [0.717, 1.165) is 33.4 Å². The van der Waals surface area contributed by atoms with Gasteiger partial charge in [0.2, 0.25) is 5.90 Å². The topological polar surface area (TPSA) is 129 Å². The molecule has 1 amide bonds. The first-order chi connectivity index (χ1) is 24.1. The molecule has 1 aliphatic heterocycles. The number of amides is 1. The molecule has 0 aromatic heterocycles. The normalized spacial score (nSPS) is 16.6. The average molecular weight is 652 g/mol. The number of ether oxygens (including phenoxy) is 2. The van der Waals surface area contributed by atoms with Crippen molar-refractivity contribution in [3.8, 4) is 16.9 Å². The van der Waals surface area contributed by atoms with Gasteiger partial charge in [-0.2, -0.15) is 0 Å². The second kappa shape index (κ2) is 15.8. The summed E-state index contributed by atoms with van der Waals surface area (Å²) in [5.41, 5.74) is 13.9. The summed E-state index contributed by atoms with van der Waals surface area (Å²) >= 11 is 0. The monoisotopic (exact) mass is 651 g/mol. The van der Waals surface area contributed by atoms with Crippen LogP contribution < -0.4 is 10.1 Å². The Hall–Kier alpha value is -5.89. The van der Waals surface area contributed by atoms with E-state index in [4.69, 9.17) is 25.1 Å². The summed E-state index contributed by atoms with van der Waals surface area (Å²) in [4.78, 5) is 22.8.